The number of nitrogens with zero attached hydrogens (tertiary/aromatic N) is 2. The molecular formula is C17H26N2O2. The van der Waals surface area contributed by atoms with Gasteiger partial charge in [0.05, 0.1) is 0 Å². The lowest BCUT2D eigenvalue weighted by Gasteiger charge is -2.55. The number of aliphatic hydroxyl groups is 1. The minimum absolute atomic E-state index is 0.0801. The Morgan fingerprint density at radius 1 is 1.14 bits per heavy atom. The minimum Gasteiger partial charge on any atom is -0.371 e. The van der Waals surface area contributed by atoms with E-state index in [0.29, 0.717) is 6.42 Å². The van der Waals surface area contributed by atoms with E-state index in [2.05, 4.69) is 0 Å². The lowest BCUT2D eigenvalue weighted by molar-refractivity contribution is -0.0335. The van der Waals surface area contributed by atoms with Crippen molar-refractivity contribution in [2.24, 2.45) is 0 Å². The van der Waals surface area contributed by atoms with Crippen LogP contribution in [0.2, 0.25) is 0 Å². The third-order valence-electron chi connectivity index (χ3n) is 4.11. The Morgan fingerprint density at radius 3 is 2.14 bits per heavy atom. The first-order chi connectivity index (χ1) is 9.56. The summed E-state index contributed by atoms with van der Waals surface area (Å²) in [5, 5.41) is 10.8. The van der Waals surface area contributed by atoms with Gasteiger partial charge in [0, 0.05) is 23.7 Å². The molecule has 0 saturated carbocycles. The van der Waals surface area contributed by atoms with Crippen molar-refractivity contribution < 1.29 is 9.90 Å². The number of rotatable bonds is 2. The zero-order chi connectivity index (χ0) is 16.0. The predicted molar refractivity (Wildman–Crippen MR) is 85.3 cm³/mol. The van der Waals surface area contributed by atoms with Gasteiger partial charge >= 0.3 is 6.03 Å². The summed E-state index contributed by atoms with van der Waals surface area (Å²) in [5.41, 5.74) is 0.289. The van der Waals surface area contributed by atoms with E-state index >= 15 is 0 Å². The molecule has 4 nitrogen and oxygen atoms in total. The van der Waals surface area contributed by atoms with Gasteiger partial charge in [-0.05, 0) is 53.7 Å². The van der Waals surface area contributed by atoms with Crippen LogP contribution in [0.1, 0.15) is 46.6 Å². The molecule has 0 radical (unpaired) electrons. The summed E-state index contributed by atoms with van der Waals surface area (Å²) in [5.74, 6) is 0. The van der Waals surface area contributed by atoms with E-state index in [0.717, 1.165) is 11.3 Å². The Hall–Kier alpha value is -1.55. The molecule has 0 spiro atoms. The van der Waals surface area contributed by atoms with Gasteiger partial charge in [-0.3, -0.25) is 4.90 Å². The predicted octanol–water partition coefficient (Wildman–Crippen LogP) is 3.52. The largest absolute Gasteiger partial charge is 0.371 e. The van der Waals surface area contributed by atoms with E-state index in [1.165, 1.54) is 4.90 Å². The zero-order valence-corrected chi connectivity index (χ0v) is 13.8. The van der Waals surface area contributed by atoms with Crippen LogP contribution >= 0.6 is 0 Å². The van der Waals surface area contributed by atoms with Crippen molar-refractivity contribution in [2.75, 3.05) is 4.90 Å². The van der Waals surface area contributed by atoms with Crippen LogP contribution in [0.3, 0.4) is 0 Å². The molecule has 116 valence electrons. The van der Waals surface area contributed by atoms with E-state index in [1.54, 1.807) is 6.92 Å². The highest BCUT2D eigenvalue weighted by molar-refractivity contribution is 5.94. The van der Waals surface area contributed by atoms with Crippen molar-refractivity contribution in [3.05, 3.63) is 29.8 Å². The fraction of sp³-hybridized carbons (Fsp3) is 0.588. The van der Waals surface area contributed by atoms with Gasteiger partial charge in [-0.25, -0.2) is 4.79 Å². The molecule has 1 N–H and O–H groups in total. The summed E-state index contributed by atoms with van der Waals surface area (Å²) in [6, 6.07) is 7.62. The van der Waals surface area contributed by atoms with Crippen LogP contribution in [0.15, 0.2) is 24.3 Å². The summed E-state index contributed by atoms with van der Waals surface area (Å²) < 4.78 is 0. The van der Waals surface area contributed by atoms with Gasteiger partial charge in [-0.1, -0.05) is 17.7 Å². The number of benzene rings is 1. The molecular weight excluding hydrogens is 264 g/mol. The maximum Gasteiger partial charge on any atom is 0.327 e. The van der Waals surface area contributed by atoms with Crippen molar-refractivity contribution in [3.63, 3.8) is 0 Å². The lowest BCUT2D eigenvalue weighted by atomic mass is 9.86. The van der Waals surface area contributed by atoms with Gasteiger partial charge in [-0.15, -0.1) is 0 Å². The summed E-state index contributed by atoms with van der Waals surface area (Å²) in [4.78, 5) is 16.3. The molecule has 1 aliphatic heterocycles. The summed E-state index contributed by atoms with van der Waals surface area (Å²) in [7, 11) is 0. The van der Waals surface area contributed by atoms with Crippen molar-refractivity contribution in [1.82, 2.24) is 4.90 Å². The normalized spacial score (nSPS) is 25.6. The van der Waals surface area contributed by atoms with Gasteiger partial charge in [0.15, 0.2) is 0 Å². The Morgan fingerprint density at radius 2 is 1.67 bits per heavy atom. The molecule has 1 aliphatic rings. The molecule has 1 saturated heterocycles. The van der Waals surface area contributed by atoms with Crippen LogP contribution in [-0.2, 0) is 0 Å². The molecule has 1 atom stereocenters. The quantitative estimate of drug-likeness (QED) is 0.905. The Labute approximate surface area is 127 Å². The third kappa shape index (κ3) is 2.77. The highest BCUT2D eigenvalue weighted by atomic mass is 16.3. The molecule has 1 aromatic rings. The first-order valence-electron chi connectivity index (χ1n) is 7.49. The molecule has 1 aromatic carbocycles. The van der Waals surface area contributed by atoms with Crippen LogP contribution in [0.25, 0.3) is 0 Å². The van der Waals surface area contributed by atoms with Gasteiger partial charge in [0.25, 0.3) is 0 Å². The molecule has 0 bridgehead atoms. The van der Waals surface area contributed by atoms with Crippen LogP contribution in [0.5, 0.6) is 0 Å². The van der Waals surface area contributed by atoms with E-state index in [-0.39, 0.29) is 17.6 Å². The van der Waals surface area contributed by atoms with E-state index in [4.69, 9.17) is 0 Å². The maximum absolute atomic E-state index is 13.0. The van der Waals surface area contributed by atoms with Crippen molar-refractivity contribution in [2.45, 2.75) is 65.3 Å². The maximum atomic E-state index is 13.0. The smallest absolute Gasteiger partial charge is 0.327 e. The number of hydrogen-bond donors (Lipinski definition) is 1. The number of carbonyl (C=O) groups is 1. The average molecular weight is 290 g/mol. The van der Waals surface area contributed by atoms with Crippen LogP contribution in [0, 0.1) is 6.92 Å². The summed E-state index contributed by atoms with van der Waals surface area (Å²) >= 11 is 0. The summed E-state index contributed by atoms with van der Waals surface area (Å²) in [6.07, 6.45) is 0.498. The zero-order valence-electron chi connectivity index (χ0n) is 13.8. The van der Waals surface area contributed by atoms with Crippen LogP contribution in [-0.4, -0.2) is 33.3 Å². The number of hydrogen-bond acceptors (Lipinski definition) is 2. The standard InChI is InChI=1S/C17H26N2O2/c1-12(2)18-15(20)19(14-9-7-13(3)8-10-14)17(6,21)11-16(18,4)5/h7-10,12,21H,11H2,1-6H3/t17-/m0/s1. The van der Waals surface area contributed by atoms with E-state index < -0.39 is 5.72 Å². The van der Waals surface area contributed by atoms with E-state index in [1.807, 2.05) is 63.8 Å². The Kier molecular flexibility index (Phi) is 3.79. The highest BCUT2D eigenvalue weighted by Gasteiger charge is 2.51. The SMILES string of the molecule is Cc1ccc(N2C(=O)N(C(C)C)C(C)(C)C[C@]2(C)O)cc1. The van der Waals surface area contributed by atoms with Gasteiger partial charge in [0.2, 0.25) is 0 Å². The molecule has 2 amide bonds. The Balaban J connectivity index is 2.48. The fourth-order valence-electron chi connectivity index (χ4n) is 3.56. The van der Waals surface area contributed by atoms with Gasteiger partial charge < -0.3 is 10.0 Å². The molecule has 0 aromatic heterocycles. The van der Waals surface area contributed by atoms with Crippen LogP contribution < -0.4 is 4.90 Å². The molecule has 21 heavy (non-hydrogen) atoms. The van der Waals surface area contributed by atoms with Gasteiger partial charge in [-0.2, -0.15) is 0 Å². The Bertz CT molecular complexity index is 532. The first-order valence-corrected chi connectivity index (χ1v) is 7.49. The monoisotopic (exact) mass is 290 g/mol. The van der Waals surface area contributed by atoms with Crippen molar-refractivity contribution in [1.29, 1.82) is 0 Å². The molecule has 4 heteroatoms. The molecule has 0 aliphatic carbocycles. The second kappa shape index (κ2) is 5.02. The summed E-state index contributed by atoms with van der Waals surface area (Å²) in [6.45, 7) is 11.7. The minimum atomic E-state index is -1.19. The lowest BCUT2D eigenvalue weighted by Crippen LogP contribution is -2.69. The fourth-order valence-corrected chi connectivity index (χ4v) is 3.56. The van der Waals surface area contributed by atoms with Crippen molar-refractivity contribution in [3.8, 4) is 0 Å². The first kappa shape index (κ1) is 15.8. The number of aryl methyl sites for hydroxylation is 1. The number of anilines is 1. The second-order valence-corrected chi connectivity index (χ2v) is 7.12. The van der Waals surface area contributed by atoms with Crippen LogP contribution in [0.4, 0.5) is 10.5 Å². The molecule has 1 heterocycles. The average Bonchev–Trinajstić information content (AvgIpc) is 2.27. The number of amides is 2. The molecule has 0 unspecified atom stereocenters. The van der Waals surface area contributed by atoms with Gasteiger partial charge in [0.1, 0.15) is 5.72 Å². The number of carbonyl (C=O) groups excluding carboxylic acids is 1. The second-order valence-electron chi connectivity index (χ2n) is 7.12. The molecule has 2 rings (SSSR count). The number of urea groups is 1. The molecule has 1 fully saturated rings. The van der Waals surface area contributed by atoms with E-state index in [9.17, 15) is 9.90 Å². The highest BCUT2D eigenvalue weighted by Crippen LogP contribution is 2.39. The van der Waals surface area contributed by atoms with Crippen molar-refractivity contribution >= 4 is 11.7 Å². The third-order valence-corrected chi connectivity index (χ3v) is 4.11. The topological polar surface area (TPSA) is 43.8 Å².